The summed E-state index contributed by atoms with van der Waals surface area (Å²) in [6.45, 7) is 5.12. The van der Waals surface area contributed by atoms with Crippen molar-refractivity contribution in [3.63, 3.8) is 0 Å². The van der Waals surface area contributed by atoms with Crippen molar-refractivity contribution in [3.05, 3.63) is 46.3 Å². The lowest BCUT2D eigenvalue weighted by molar-refractivity contribution is -0.118. The van der Waals surface area contributed by atoms with Gasteiger partial charge in [-0.05, 0) is 38.5 Å². The van der Waals surface area contributed by atoms with Crippen LogP contribution >= 0.6 is 11.3 Å². The summed E-state index contributed by atoms with van der Waals surface area (Å²) in [7, 11) is 0. The Morgan fingerprint density at radius 2 is 1.85 bits per heavy atom. The number of carbonyl (C=O) groups is 3. The van der Waals surface area contributed by atoms with E-state index in [9.17, 15) is 14.4 Å². The number of benzene rings is 1. The van der Waals surface area contributed by atoms with E-state index < -0.39 is 11.9 Å². The highest BCUT2D eigenvalue weighted by Gasteiger charge is 2.19. The summed E-state index contributed by atoms with van der Waals surface area (Å²) >= 11 is 1.33. The number of hydrogen-bond donors (Lipinski definition) is 1. The van der Waals surface area contributed by atoms with Gasteiger partial charge < -0.3 is 14.8 Å². The number of anilines is 1. The number of carbonyl (C=O) groups excluding carboxylic acids is 3. The first kappa shape index (κ1) is 19.7. The van der Waals surface area contributed by atoms with Gasteiger partial charge >= 0.3 is 5.97 Å². The lowest BCUT2D eigenvalue weighted by Crippen LogP contribution is -2.21. The third kappa shape index (κ3) is 4.92. The number of nitrogens with one attached hydrogen (secondary N) is 1. The normalized spacial score (nSPS) is 10.3. The van der Waals surface area contributed by atoms with Gasteiger partial charge in [0, 0.05) is 4.88 Å². The molecule has 1 aromatic heterocycles. The van der Waals surface area contributed by atoms with Gasteiger partial charge in [0.05, 0.1) is 17.7 Å². The Morgan fingerprint density at radius 3 is 2.50 bits per heavy atom. The minimum absolute atomic E-state index is 0.142. The molecule has 1 heterocycles. The Balaban J connectivity index is 2.07. The summed E-state index contributed by atoms with van der Waals surface area (Å²) in [5.41, 5.74) is 0.753. The Kier molecular flexibility index (Phi) is 6.91. The van der Waals surface area contributed by atoms with Gasteiger partial charge in [-0.15, -0.1) is 11.3 Å². The fourth-order valence-electron chi connectivity index (χ4n) is 2.26. The van der Waals surface area contributed by atoms with Crippen molar-refractivity contribution in [2.24, 2.45) is 0 Å². The van der Waals surface area contributed by atoms with Gasteiger partial charge in [0.25, 0.3) is 5.91 Å². The van der Waals surface area contributed by atoms with Gasteiger partial charge in [0.1, 0.15) is 10.8 Å². The van der Waals surface area contributed by atoms with Crippen molar-refractivity contribution in [3.8, 4) is 5.75 Å². The molecule has 2 aromatic rings. The molecular weight excluding hydrogens is 354 g/mol. The smallest absolute Gasteiger partial charge is 0.341 e. The minimum Gasteiger partial charge on any atom is -0.483 e. The van der Waals surface area contributed by atoms with Crippen molar-refractivity contribution < 1.29 is 23.9 Å². The van der Waals surface area contributed by atoms with Crippen molar-refractivity contribution in [2.75, 3.05) is 18.5 Å². The first-order chi connectivity index (χ1) is 12.5. The summed E-state index contributed by atoms with van der Waals surface area (Å²) in [6.07, 6.45) is 0.745. The maximum Gasteiger partial charge on any atom is 0.341 e. The fourth-order valence-corrected chi connectivity index (χ4v) is 3.26. The molecule has 2 rings (SSSR count). The van der Waals surface area contributed by atoms with Crippen LogP contribution in [0.25, 0.3) is 0 Å². The van der Waals surface area contributed by atoms with E-state index in [-0.39, 0.29) is 19.0 Å². The molecule has 0 aliphatic rings. The molecular formula is C19H21NO5S. The first-order valence-electron chi connectivity index (χ1n) is 8.28. The third-order valence-corrected chi connectivity index (χ3v) is 4.70. The highest BCUT2D eigenvalue weighted by Crippen LogP contribution is 2.29. The van der Waals surface area contributed by atoms with Crippen LogP contribution in [-0.2, 0) is 16.0 Å². The maximum atomic E-state index is 12.2. The molecule has 0 fully saturated rings. The quantitative estimate of drug-likeness (QED) is 0.562. The Labute approximate surface area is 156 Å². The fraction of sp³-hybridized carbons (Fsp3) is 0.316. The standard InChI is InChI=1S/C19H21NO5S/c1-4-13-10-15(19(23)24-5-2)18(26-13)20-17(22)11-25-16-9-7-6-8-14(16)12(3)21/h6-10H,4-5,11H2,1-3H3,(H,20,22). The number of thiophene rings is 1. The van der Waals surface area contributed by atoms with Crippen LogP contribution in [-0.4, -0.2) is 30.9 Å². The Bertz CT molecular complexity index is 812. The van der Waals surface area contributed by atoms with Gasteiger partial charge in [-0.2, -0.15) is 0 Å². The topological polar surface area (TPSA) is 81.7 Å². The zero-order valence-corrected chi connectivity index (χ0v) is 15.8. The Morgan fingerprint density at radius 1 is 1.12 bits per heavy atom. The highest BCUT2D eigenvalue weighted by atomic mass is 32.1. The molecule has 0 atom stereocenters. The summed E-state index contributed by atoms with van der Waals surface area (Å²) in [6, 6.07) is 8.46. The largest absolute Gasteiger partial charge is 0.483 e. The van der Waals surface area contributed by atoms with E-state index in [1.165, 1.54) is 18.3 Å². The third-order valence-electron chi connectivity index (χ3n) is 3.50. The van der Waals surface area contributed by atoms with Crippen LogP contribution in [0, 0.1) is 0 Å². The predicted octanol–water partition coefficient (Wildman–Crippen LogP) is 3.71. The van der Waals surface area contributed by atoms with E-state index >= 15 is 0 Å². The van der Waals surface area contributed by atoms with Crippen molar-refractivity contribution in [1.82, 2.24) is 0 Å². The summed E-state index contributed by atoms with van der Waals surface area (Å²) in [5, 5.41) is 3.13. The van der Waals surface area contributed by atoms with Crippen LogP contribution in [0.3, 0.4) is 0 Å². The first-order valence-corrected chi connectivity index (χ1v) is 9.10. The molecule has 0 bridgehead atoms. The zero-order valence-electron chi connectivity index (χ0n) is 15.0. The molecule has 0 unspecified atom stereocenters. The van der Waals surface area contributed by atoms with E-state index in [0.717, 1.165) is 11.3 Å². The number of aryl methyl sites for hydroxylation is 1. The van der Waals surface area contributed by atoms with Crippen LogP contribution < -0.4 is 10.1 Å². The minimum atomic E-state index is -0.471. The van der Waals surface area contributed by atoms with Crippen LogP contribution in [0.15, 0.2) is 30.3 Å². The number of Topliss-reactive ketones (excluding diaryl/α,β-unsaturated/α-hetero) is 1. The monoisotopic (exact) mass is 375 g/mol. The maximum absolute atomic E-state index is 12.2. The number of amides is 1. The molecule has 1 N–H and O–H groups in total. The molecule has 1 aromatic carbocycles. The second kappa shape index (κ2) is 9.15. The van der Waals surface area contributed by atoms with E-state index in [1.54, 1.807) is 37.3 Å². The molecule has 1 amide bonds. The van der Waals surface area contributed by atoms with E-state index in [0.29, 0.717) is 21.9 Å². The van der Waals surface area contributed by atoms with Gasteiger partial charge in [0.15, 0.2) is 12.4 Å². The number of ether oxygens (including phenoxy) is 2. The summed E-state index contributed by atoms with van der Waals surface area (Å²) < 4.78 is 10.5. The molecule has 7 heteroatoms. The summed E-state index contributed by atoms with van der Waals surface area (Å²) in [4.78, 5) is 36.8. The molecule has 26 heavy (non-hydrogen) atoms. The SMILES string of the molecule is CCOC(=O)c1cc(CC)sc1NC(=O)COc1ccccc1C(C)=O. The highest BCUT2D eigenvalue weighted by molar-refractivity contribution is 7.16. The molecule has 0 spiro atoms. The van der Waals surface area contributed by atoms with Gasteiger partial charge in [0.2, 0.25) is 0 Å². The lowest BCUT2D eigenvalue weighted by Gasteiger charge is -2.10. The van der Waals surface area contributed by atoms with Crippen molar-refractivity contribution in [2.45, 2.75) is 27.2 Å². The Hall–Kier alpha value is -2.67. The molecule has 6 nitrogen and oxygen atoms in total. The zero-order chi connectivity index (χ0) is 19.1. The van der Waals surface area contributed by atoms with E-state index in [4.69, 9.17) is 9.47 Å². The predicted molar refractivity (Wildman–Crippen MR) is 100 cm³/mol. The van der Waals surface area contributed by atoms with Crippen LogP contribution in [0.1, 0.15) is 46.4 Å². The van der Waals surface area contributed by atoms with Crippen molar-refractivity contribution in [1.29, 1.82) is 0 Å². The molecule has 0 saturated carbocycles. The van der Waals surface area contributed by atoms with Crippen LogP contribution in [0.4, 0.5) is 5.00 Å². The number of rotatable bonds is 8. The molecule has 0 aliphatic heterocycles. The van der Waals surface area contributed by atoms with Gasteiger partial charge in [-0.25, -0.2) is 4.79 Å². The molecule has 138 valence electrons. The van der Waals surface area contributed by atoms with Gasteiger partial charge in [-0.1, -0.05) is 19.1 Å². The molecule has 0 radical (unpaired) electrons. The number of para-hydroxylation sites is 1. The number of hydrogen-bond acceptors (Lipinski definition) is 6. The molecule has 0 aliphatic carbocycles. The summed E-state index contributed by atoms with van der Waals surface area (Å²) in [5.74, 6) is -0.683. The lowest BCUT2D eigenvalue weighted by atomic mass is 10.1. The average molecular weight is 375 g/mol. The number of esters is 1. The second-order valence-corrected chi connectivity index (χ2v) is 6.56. The van der Waals surface area contributed by atoms with Crippen molar-refractivity contribution >= 4 is 34.0 Å². The molecule has 0 saturated heterocycles. The average Bonchev–Trinajstić information content (AvgIpc) is 3.03. The number of ketones is 1. The van der Waals surface area contributed by atoms with Crippen LogP contribution in [0.2, 0.25) is 0 Å². The van der Waals surface area contributed by atoms with E-state index in [2.05, 4.69) is 5.32 Å². The van der Waals surface area contributed by atoms with Crippen LogP contribution in [0.5, 0.6) is 5.75 Å². The van der Waals surface area contributed by atoms with Gasteiger partial charge in [-0.3, -0.25) is 9.59 Å². The van der Waals surface area contributed by atoms with E-state index in [1.807, 2.05) is 6.92 Å². The second-order valence-electron chi connectivity index (χ2n) is 5.42.